The van der Waals surface area contributed by atoms with Crippen LogP contribution in [0.1, 0.15) is 23.2 Å². The van der Waals surface area contributed by atoms with E-state index in [0.717, 1.165) is 11.4 Å². The first-order valence-corrected chi connectivity index (χ1v) is 5.85. The summed E-state index contributed by atoms with van der Waals surface area (Å²) in [6.45, 7) is 4.31. The van der Waals surface area contributed by atoms with Gasteiger partial charge in [-0.05, 0) is 50.2 Å². The van der Waals surface area contributed by atoms with Gasteiger partial charge in [-0.2, -0.15) is 0 Å². The van der Waals surface area contributed by atoms with Gasteiger partial charge in [0, 0.05) is 17.9 Å². The lowest BCUT2D eigenvalue weighted by molar-refractivity contribution is 0.0960. The molecule has 0 saturated heterocycles. The van der Waals surface area contributed by atoms with Crippen LogP contribution < -0.4 is 10.6 Å². The third-order valence-electron chi connectivity index (χ3n) is 2.72. The third kappa shape index (κ3) is 2.37. The zero-order valence-corrected chi connectivity index (χ0v) is 10.5. The minimum absolute atomic E-state index is 0.143. The Kier molecular flexibility index (Phi) is 3.37. The van der Waals surface area contributed by atoms with Crippen molar-refractivity contribution in [3.8, 4) is 0 Å². The summed E-state index contributed by atoms with van der Waals surface area (Å²) in [4.78, 5) is 13.9. The fourth-order valence-corrected chi connectivity index (χ4v) is 1.78. The predicted octanol–water partition coefficient (Wildman–Crippen LogP) is 2.84. The Morgan fingerprint density at radius 1 is 1.22 bits per heavy atom. The summed E-state index contributed by atoms with van der Waals surface area (Å²) in [6.07, 6.45) is 0. The Morgan fingerprint density at radius 2 is 1.89 bits per heavy atom. The van der Waals surface area contributed by atoms with Crippen molar-refractivity contribution in [2.24, 2.45) is 0 Å². The van der Waals surface area contributed by atoms with E-state index in [1.165, 1.54) is 0 Å². The van der Waals surface area contributed by atoms with E-state index in [2.05, 4.69) is 0 Å². The van der Waals surface area contributed by atoms with Crippen LogP contribution in [0.25, 0.3) is 0 Å². The number of nitrogens with two attached hydrogens (primary N) is 1. The molecular formula is C14H16N2O2. The summed E-state index contributed by atoms with van der Waals surface area (Å²) in [7, 11) is 0. The van der Waals surface area contributed by atoms with Crippen molar-refractivity contribution in [3.63, 3.8) is 0 Å². The van der Waals surface area contributed by atoms with Crippen LogP contribution in [0.5, 0.6) is 0 Å². The summed E-state index contributed by atoms with van der Waals surface area (Å²) in [5.74, 6) is 0.938. The molecule has 0 unspecified atom stereocenters. The number of rotatable bonds is 3. The molecule has 18 heavy (non-hydrogen) atoms. The van der Waals surface area contributed by atoms with Gasteiger partial charge in [-0.1, -0.05) is 0 Å². The maximum atomic E-state index is 12.3. The molecule has 4 nitrogen and oxygen atoms in total. The number of amides is 1. The standard InChI is InChI=1S/C14H16N2O2/c1-3-16(12-7-5-11(15)6-8-12)14(17)13-9-4-10(2)18-13/h4-9H,3,15H2,1-2H3. The van der Waals surface area contributed by atoms with Crippen LogP contribution in [0.15, 0.2) is 40.8 Å². The van der Waals surface area contributed by atoms with Gasteiger partial charge >= 0.3 is 0 Å². The Hall–Kier alpha value is -2.23. The highest BCUT2D eigenvalue weighted by molar-refractivity contribution is 6.04. The number of nitrogens with zero attached hydrogens (tertiary/aromatic N) is 1. The van der Waals surface area contributed by atoms with E-state index in [0.29, 0.717) is 18.0 Å². The van der Waals surface area contributed by atoms with E-state index in [4.69, 9.17) is 10.2 Å². The molecule has 2 rings (SSSR count). The molecule has 2 aromatic rings. The van der Waals surface area contributed by atoms with Gasteiger partial charge in [0.15, 0.2) is 5.76 Å². The van der Waals surface area contributed by atoms with Gasteiger partial charge in [-0.3, -0.25) is 4.79 Å². The number of hydrogen-bond donors (Lipinski definition) is 1. The first kappa shape index (κ1) is 12.2. The summed E-state index contributed by atoms with van der Waals surface area (Å²) < 4.78 is 5.36. The molecule has 0 atom stereocenters. The van der Waals surface area contributed by atoms with E-state index >= 15 is 0 Å². The molecule has 0 radical (unpaired) electrons. The van der Waals surface area contributed by atoms with Crippen molar-refractivity contribution in [3.05, 3.63) is 47.9 Å². The number of carbonyl (C=O) groups excluding carboxylic acids is 1. The lowest BCUT2D eigenvalue weighted by atomic mass is 10.2. The van der Waals surface area contributed by atoms with Crippen molar-refractivity contribution < 1.29 is 9.21 Å². The average Bonchev–Trinajstić information content (AvgIpc) is 2.79. The number of aryl methyl sites for hydroxylation is 1. The Balaban J connectivity index is 2.28. The molecule has 0 aliphatic rings. The molecule has 1 heterocycles. The van der Waals surface area contributed by atoms with Crippen LogP contribution in [0.4, 0.5) is 11.4 Å². The Morgan fingerprint density at radius 3 is 2.39 bits per heavy atom. The minimum Gasteiger partial charge on any atom is -0.456 e. The predicted molar refractivity (Wildman–Crippen MR) is 71.6 cm³/mol. The highest BCUT2D eigenvalue weighted by atomic mass is 16.3. The Bertz CT molecular complexity index is 543. The number of benzene rings is 1. The summed E-state index contributed by atoms with van der Waals surface area (Å²) in [5, 5.41) is 0. The molecule has 0 aliphatic heterocycles. The Labute approximate surface area is 106 Å². The second-order valence-electron chi connectivity index (χ2n) is 4.05. The van der Waals surface area contributed by atoms with Crippen LogP contribution >= 0.6 is 0 Å². The fourth-order valence-electron chi connectivity index (χ4n) is 1.78. The molecule has 1 aromatic carbocycles. The SMILES string of the molecule is CCN(C(=O)c1ccc(C)o1)c1ccc(N)cc1. The third-order valence-corrected chi connectivity index (χ3v) is 2.72. The first-order valence-electron chi connectivity index (χ1n) is 5.85. The fraction of sp³-hybridized carbons (Fsp3) is 0.214. The number of anilines is 2. The highest BCUT2D eigenvalue weighted by Gasteiger charge is 2.18. The first-order chi connectivity index (χ1) is 8.61. The molecule has 0 saturated carbocycles. The number of carbonyl (C=O) groups is 1. The van der Waals surface area contributed by atoms with Gasteiger partial charge in [-0.25, -0.2) is 0 Å². The minimum atomic E-state index is -0.143. The molecular weight excluding hydrogens is 228 g/mol. The van der Waals surface area contributed by atoms with Crippen LogP contribution in [0, 0.1) is 6.92 Å². The molecule has 0 aliphatic carbocycles. The van der Waals surface area contributed by atoms with E-state index in [1.807, 2.05) is 26.0 Å². The molecule has 2 N–H and O–H groups in total. The second-order valence-corrected chi connectivity index (χ2v) is 4.05. The largest absolute Gasteiger partial charge is 0.456 e. The topological polar surface area (TPSA) is 59.5 Å². The maximum Gasteiger partial charge on any atom is 0.293 e. The summed E-state index contributed by atoms with van der Waals surface area (Å²) >= 11 is 0. The monoisotopic (exact) mass is 244 g/mol. The molecule has 0 spiro atoms. The molecule has 94 valence electrons. The molecule has 1 aromatic heterocycles. The molecule has 4 heteroatoms. The lowest BCUT2D eigenvalue weighted by Gasteiger charge is -2.19. The number of furan rings is 1. The van der Waals surface area contributed by atoms with Crippen molar-refractivity contribution >= 4 is 17.3 Å². The zero-order valence-electron chi connectivity index (χ0n) is 10.5. The van der Waals surface area contributed by atoms with Gasteiger partial charge in [0.2, 0.25) is 0 Å². The van der Waals surface area contributed by atoms with Crippen molar-refractivity contribution in [1.29, 1.82) is 0 Å². The average molecular weight is 244 g/mol. The molecule has 0 fully saturated rings. The van der Waals surface area contributed by atoms with Gasteiger partial charge in [-0.15, -0.1) is 0 Å². The highest BCUT2D eigenvalue weighted by Crippen LogP contribution is 2.19. The number of hydrogen-bond acceptors (Lipinski definition) is 3. The van der Waals surface area contributed by atoms with E-state index in [9.17, 15) is 4.79 Å². The maximum absolute atomic E-state index is 12.3. The summed E-state index contributed by atoms with van der Waals surface area (Å²) in [6, 6.07) is 10.7. The van der Waals surface area contributed by atoms with Crippen molar-refractivity contribution in [2.45, 2.75) is 13.8 Å². The van der Waals surface area contributed by atoms with Crippen molar-refractivity contribution in [1.82, 2.24) is 0 Å². The second kappa shape index (κ2) is 4.96. The van der Waals surface area contributed by atoms with Crippen LogP contribution in [0.2, 0.25) is 0 Å². The van der Waals surface area contributed by atoms with E-state index in [-0.39, 0.29) is 5.91 Å². The van der Waals surface area contributed by atoms with Gasteiger partial charge < -0.3 is 15.1 Å². The van der Waals surface area contributed by atoms with Crippen LogP contribution in [-0.2, 0) is 0 Å². The van der Waals surface area contributed by atoms with Gasteiger partial charge in [0.1, 0.15) is 5.76 Å². The lowest BCUT2D eigenvalue weighted by Crippen LogP contribution is -2.30. The molecule has 1 amide bonds. The summed E-state index contributed by atoms with van der Waals surface area (Å²) in [5.41, 5.74) is 7.12. The van der Waals surface area contributed by atoms with Crippen LogP contribution in [0.3, 0.4) is 0 Å². The van der Waals surface area contributed by atoms with Gasteiger partial charge in [0.25, 0.3) is 5.91 Å². The van der Waals surface area contributed by atoms with E-state index < -0.39 is 0 Å². The van der Waals surface area contributed by atoms with Gasteiger partial charge in [0.05, 0.1) is 0 Å². The zero-order chi connectivity index (χ0) is 13.1. The quantitative estimate of drug-likeness (QED) is 0.844. The normalized spacial score (nSPS) is 10.3. The van der Waals surface area contributed by atoms with Crippen molar-refractivity contribution in [2.75, 3.05) is 17.2 Å². The number of nitrogen functional groups attached to an aromatic ring is 1. The van der Waals surface area contributed by atoms with Crippen LogP contribution in [-0.4, -0.2) is 12.5 Å². The smallest absolute Gasteiger partial charge is 0.293 e. The van der Waals surface area contributed by atoms with E-state index in [1.54, 1.807) is 29.2 Å². The molecule has 0 bridgehead atoms.